The van der Waals surface area contributed by atoms with Gasteiger partial charge in [-0.05, 0) is 32.6 Å². The molecular formula is C13H22N2O5S. The average Bonchev–Trinajstić information content (AvgIpc) is 2.80. The van der Waals surface area contributed by atoms with Gasteiger partial charge in [-0.25, -0.2) is 13.1 Å². The van der Waals surface area contributed by atoms with Gasteiger partial charge in [0.25, 0.3) is 0 Å². The van der Waals surface area contributed by atoms with Gasteiger partial charge >= 0.3 is 5.97 Å². The molecule has 0 aromatic carbocycles. The number of aliphatic carboxylic acids is 1. The highest BCUT2D eigenvalue weighted by Crippen LogP contribution is 2.49. The highest BCUT2D eigenvalue weighted by molar-refractivity contribution is 7.88. The summed E-state index contributed by atoms with van der Waals surface area (Å²) in [5, 5.41) is 9.51. The molecule has 0 spiro atoms. The van der Waals surface area contributed by atoms with Crippen LogP contribution in [0.15, 0.2) is 0 Å². The van der Waals surface area contributed by atoms with E-state index in [-0.39, 0.29) is 18.4 Å². The van der Waals surface area contributed by atoms with Crippen LogP contribution in [0.4, 0.5) is 0 Å². The second kappa shape index (κ2) is 4.95. The minimum Gasteiger partial charge on any atom is -0.481 e. The Hall–Kier alpha value is -1.15. The Kier molecular flexibility index (Phi) is 3.82. The molecule has 0 aromatic rings. The van der Waals surface area contributed by atoms with Crippen LogP contribution in [-0.2, 0) is 19.6 Å². The molecule has 1 amide bonds. The van der Waals surface area contributed by atoms with Crippen molar-refractivity contribution in [2.24, 2.45) is 11.3 Å². The summed E-state index contributed by atoms with van der Waals surface area (Å²) in [6, 6.07) is 0. The van der Waals surface area contributed by atoms with Crippen LogP contribution in [0.1, 0.15) is 33.1 Å². The highest BCUT2D eigenvalue weighted by Gasteiger charge is 2.56. The van der Waals surface area contributed by atoms with Gasteiger partial charge in [0.1, 0.15) is 5.54 Å². The summed E-state index contributed by atoms with van der Waals surface area (Å²) < 4.78 is 25.0. The van der Waals surface area contributed by atoms with E-state index in [4.69, 9.17) is 0 Å². The number of carboxylic acids is 1. The van der Waals surface area contributed by atoms with Crippen LogP contribution >= 0.6 is 0 Å². The number of likely N-dealkylation sites (tertiary alicyclic amines) is 1. The van der Waals surface area contributed by atoms with Crippen LogP contribution in [0.25, 0.3) is 0 Å². The fourth-order valence-corrected chi connectivity index (χ4v) is 4.71. The molecule has 1 heterocycles. The second-order valence-corrected chi connectivity index (χ2v) is 8.48. The quantitative estimate of drug-likeness (QED) is 0.761. The summed E-state index contributed by atoms with van der Waals surface area (Å²) in [4.78, 5) is 25.6. The first-order chi connectivity index (χ1) is 9.48. The SMILES string of the molecule is CC(C)(NS(C)(=O)=O)C(=O)N1C[C@@H]2CCC[C@@]2(C(=O)O)C1. The van der Waals surface area contributed by atoms with E-state index < -0.39 is 26.9 Å². The lowest BCUT2D eigenvalue weighted by molar-refractivity contribution is -0.149. The fourth-order valence-electron chi connectivity index (χ4n) is 3.70. The summed E-state index contributed by atoms with van der Waals surface area (Å²) >= 11 is 0. The number of nitrogens with zero attached hydrogens (tertiary/aromatic N) is 1. The first-order valence-corrected chi connectivity index (χ1v) is 8.89. The van der Waals surface area contributed by atoms with Crippen molar-refractivity contribution in [3.8, 4) is 0 Å². The van der Waals surface area contributed by atoms with E-state index in [9.17, 15) is 23.1 Å². The molecule has 2 aliphatic rings. The van der Waals surface area contributed by atoms with Gasteiger partial charge in [0.2, 0.25) is 15.9 Å². The monoisotopic (exact) mass is 318 g/mol. The number of carboxylic acid groups (broad SMARTS) is 1. The van der Waals surface area contributed by atoms with E-state index >= 15 is 0 Å². The lowest BCUT2D eigenvalue weighted by Gasteiger charge is -2.30. The fraction of sp³-hybridized carbons (Fsp3) is 0.846. The summed E-state index contributed by atoms with van der Waals surface area (Å²) in [5.41, 5.74) is -2.12. The maximum Gasteiger partial charge on any atom is 0.311 e. The number of amides is 1. The van der Waals surface area contributed by atoms with Crippen molar-refractivity contribution in [2.75, 3.05) is 19.3 Å². The molecule has 1 saturated heterocycles. The van der Waals surface area contributed by atoms with Crippen molar-refractivity contribution in [1.29, 1.82) is 0 Å². The number of fused-ring (bicyclic) bond motifs is 1. The predicted octanol–water partition coefficient (Wildman–Crippen LogP) is 0.0275. The van der Waals surface area contributed by atoms with Crippen molar-refractivity contribution in [3.63, 3.8) is 0 Å². The first kappa shape index (κ1) is 16.2. The molecule has 8 heteroatoms. The van der Waals surface area contributed by atoms with E-state index in [0.29, 0.717) is 13.0 Å². The van der Waals surface area contributed by atoms with E-state index in [1.807, 2.05) is 0 Å². The third-order valence-electron chi connectivity index (χ3n) is 4.56. The van der Waals surface area contributed by atoms with Crippen molar-refractivity contribution in [1.82, 2.24) is 9.62 Å². The van der Waals surface area contributed by atoms with Crippen molar-refractivity contribution in [2.45, 2.75) is 38.6 Å². The minimum atomic E-state index is -3.52. The maximum absolute atomic E-state index is 12.5. The first-order valence-electron chi connectivity index (χ1n) is 7.00. The van der Waals surface area contributed by atoms with Gasteiger partial charge in [-0.2, -0.15) is 0 Å². The van der Waals surface area contributed by atoms with E-state index in [2.05, 4.69) is 4.72 Å². The van der Waals surface area contributed by atoms with Crippen LogP contribution in [0.2, 0.25) is 0 Å². The zero-order valence-corrected chi connectivity index (χ0v) is 13.4. The largest absolute Gasteiger partial charge is 0.481 e. The summed E-state index contributed by atoms with van der Waals surface area (Å²) in [6.07, 6.45) is 3.25. The smallest absolute Gasteiger partial charge is 0.311 e. The summed E-state index contributed by atoms with van der Waals surface area (Å²) in [7, 11) is -3.52. The molecule has 21 heavy (non-hydrogen) atoms. The van der Waals surface area contributed by atoms with Crippen molar-refractivity contribution in [3.05, 3.63) is 0 Å². The zero-order chi connectivity index (χ0) is 16.1. The van der Waals surface area contributed by atoms with Gasteiger partial charge < -0.3 is 10.0 Å². The predicted molar refractivity (Wildman–Crippen MR) is 76.0 cm³/mol. The van der Waals surface area contributed by atoms with Crippen LogP contribution in [0.3, 0.4) is 0 Å². The van der Waals surface area contributed by atoms with Gasteiger partial charge in [0, 0.05) is 13.1 Å². The molecule has 0 unspecified atom stereocenters. The second-order valence-electron chi connectivity index (χ2n) is 6.74. The molecule has 0 radical (unpaired) electrons. The molecule has 1 saturated carbocycles. The van der Waals surface area contributed by atoms with E-state index in [0.717, 1.165) is 19.1 Å². The highest BCUT2D eigenvalue weighted by atomic mass is 32.2. The standard InChI is InChI=1S/C13H22N2O5S/c1-12(2,14-21(3,19)20)10(16)15-7-9-5-4-6-13(9,8-15)11(17)18/h9,14H,4-8H2,1-3H3,(H,17,18)/t9-,13+/m0/s1. The molecule has 2 rings (SSSR count). The van der Waals surface area contributed by atoms with Crippen molar-refractivity contribution < 1.29 is 23.1 Å². The molecule has 7 nitrogen and oxygen atoms in total. The van der Waals surface area contributed by atoms with Gasteiger partial charge in [-0.1, -0.05) is 6.42 Å². The van der Waals surface area contributed by atoms with Gasteiger partial charge in [0.05, 0.1) is 11.7 Å². The average molecular weight is 318 g/mol. The number of carbonyl (C=O) groups excluding carboxylic acids is 1. The Morgan fingerprint density at radius 3 is 2.48 bits per heavy atom. The molecule has 120 valence electrons. The number of hydrogen-bond acceptors (Lipinski definition) is 4. The van der Waals surface area contributed by atoms with Crippen LogP contribution in [0, 0.1) is 11.3 Å². The van der Waals surface area contributed by atoms with E-state index in [1.165, 1.54) is 18.7 Å². The molecule has 2 N–H and O–H groups in total. The third-order valence-corrected chi connectivity index (χ3v) is 5.44. The summed E-state index contributed by atoms with van der Waals surface area (Å²) in [6.45, 7) is 3.55. The maximum atomic E-state index is 12.5. The number of hydrogen-bond donors (Lipinski definition) is 2. The lowest BCUT2D eigenvalue weighted by Crippen LogP contribution is -2.55. The number of rotatable bonds is 4. The third kappa shape index (κ3) is 2.91. The molecule has 0 bridgehead atoms. The van der Waals surface area contributed by atoms with Gasteiger partial charge in [-0.15, -0.1) is 0 Å². The number of carbonyl (C=O) groups is 2. The normalized spacial score (nSPS) is 29.5. The minimum absolute atomic E-state index is 0.0343. The van der Waals surface area contributed by atoms with Gasteiger partial charge in [0.15, 0.2) is 0 Å². The number of sulfonamides is 1. The molecule has 0 aromatic heterocycles. The van der Waals surface area contributed by atoms with Crippen LogP contribution < -0.4 is 4.72 Å². The van der Waals surface area contributed by atoms with Gasteiger partial charge in [-0.3, -0.25) is 9.59 Å². The van der Waals surface area contributed by atoms with Crippen LogP contribution in [0.5, 0.6) is 0 Å². The van der Waals surface area contributed by atoms with E-state index in [1.54, 1.807) is 0 Å². The Morgan fingerprint density at radius 2 is 2.00 bits per heavy atom. The molecule has 2 atom stereocenters. The van der Waals surface area contributed by atoms with Crippen LogP contribution in [-0.4, -0.2) is 55.2 Å². The topological polar surface area (TPSA) is 104 Å². The Balaban J connectivity index is 2.18. The lowest BCUT2D eigenvalue weighted by atomic mass is 9.81. The Bertz CT molecular complexity index is 571. The van der Waals surface area contributed by atoms with Crippen molar-refractivity contribution >= 4 is 21.9 Å². The molecular weight excluding hydrogens is 296 g/mol. The Morgan fingerprint density at radius 1 is 1.38 bits per heavy atom. The zero-order valence-electron chi connectivity index (χ0n) is 12.5. The summed E-state index contributed by atoms with van der Waals surface area (Å²) in [5.74, 6) is -1.26. The molecule has 1 aliphatic carbocycles. The molecule has 2 fully saturated rings. The Labute approximate surface area is 124 Å². The molecule has 1 aliphatic heterocycles. The number of nitrogens with one attached hydrogen (secondary N) is 1.